The van der Waals surface area contributed by atoms with E-state index in [9.17, 15) is 9.50 Å². The second kappa shape index (κ2) is 6.45. The predicted octanol–water partition coefficient (Wildman–Crippen LogP) is 3.11. The molecule has 108 valence electrons. The highest BCUT2D eigenvalue weighted by atomic mass is 79.9. The first-order chi connectivity index (χ1) is 9.49. The summed E-state index contributed by atoms with van der Waals surface area (Å²) < 4.78 is 16.1. The van der Waals surface area contributed by atoms with Gasteiger partial charge in [0, 0.05) is 23.0 Å². The first-order valence-corrected chi connectivity index (χ1v) is 7.27. The minimum atomic E-state index is -0.958. The van der Waals surface area contributed by atoms with E-state index in [-0.39, 0.29) is 12.0 Å². The van der Waals surface area contributed by atoms with Crippen molar-refractivity contribution in [2.24, 2.45) is 5.92 Å². The van der Waals surface area contributed by atoms with Crippen molar-refractivity contribution in [3.8, 4) is 0 Å². The molecule has 0 bridgehead atoms. The molecule has 1 aromatic heterocycles. The normalized spacial score (nSPS) is 12.9. The van der Waals surface area contributed by atoms with Crippen molar-refractivity contribution in [3.05, 3.63) is 46.2 Å². The van der Waals surface area contributed by atoms with Crippen molar-refractivity contribution < 1.29 is 9.50 Å². The summed E-state index contributed by atoms with van der Waals surface area (Å²) in [5.41, 5.74) is 0.256. The van der Waals surface area contributed by atoms with Crippen LogP contribution in [0.1, 0.15) is 31.3 Å². The fourth-order valence-corrected chi connectivity index (χ4v) is 2.65. The van der Waals surface area contributed by atoms with Crippen molar-refractivity contribution in [1.29, 1.82) is 0 Å². The van der Waals surface area contributed by atoms with Crippen LogP contribution in [0.4, 0.5) is 4.39 Å². The number of aromatic nitrogens is 3. The van der Waals surface area contributed by atoms with Gasteiger partial charge in [-0.1, -0.05) is 35.8 Å². The van der Waals surface area contributed by atoms with Crippen LogP contribution >= 0.6 is 15.9 Å². The average Bonchev–Trinajstić information content (AvgIpc) is 2.75. The zero-order valence-corrected chi connectivity index (χ0v) is 13.0. The first kappa shape index (κ1) is 15.1. The van der Waals surface area contributed by atoms with E-state index in [0.717, 1.165) is 6.54 Å². The van der Waals surface area contributed by atoms with Gasteiger partial charge in [-0.25, -0.2) is 14.1 Å². The third kappa shape index (κ3) is 3.43. The second-order valence-electron chi connectivity index (χ2n) is 5.11. The summed E-state index contributed by atoms with van der Waals surface area (Å²) in [4.78, 5) is 4.15. The van der Waals surface area contributed by atoms with Crippen LogP contribution in [-0.4, -0.2) is 19.9 Å². The molecule has 2 aromatic rings. The molecule has 0 spiro atoms. The van der Waals surface area contributed by atoms with E-state index < -0.39 is 11.9 Å². The minimum absolute atomic E-state index is 0.228. The maximum Gasteiger partial charge on any atom is 0.138 e. The highest BCUT2D eigenvalue weighted by Crippen LogP contribution is 2.28. The van der Waals surface area contributed by atoms with Crippen molar-refractivity contribution in [2.45, 2.75) is 32.9 Å². The predicted molar refractivity (Wildman–Crippen MR) is 77.6 cm³/mol. The summed E-state index contributed by atoms with van der Waals surface area (Å²) in [7, 11) is 0. The zero-order valence-electron chi connectivity index (χ0n) is 11.4. The second-order valence-corrected chi connectivity index (χ2v) is 5.96. The Bertz CT molecular complexity index is 565. The third-order valence-electron chi connectivity index (χ3n) is 2.94. The molecule has 4 nitrogen and oxygen atoms in total. The third-order valence-corrected chi connectivity index (χ3v) is 3.63. The Morgan fingerprint density at radius 2 is 2.15 bits per heavy atom. The molecule has 1 heterocycles. The molecule has 6 heteroatoms. The summed E-state index contributed by atoms with van der Waals surface area (Å²) in [6, 6.07) is 4.64. The topological polar surface area (TPSA) is 50.9 Å². The van der Waals surface area contributed by atoms with Crippen LogP contribution in [0.2, 0.25) is 0 Å². The fraction of sp³-hybridized carbons (Fsp3) is 0.429. The highest BCUT2D eigenvalue weighted by Gasteiger charge is 2.19. The molecule has 0 fully saturated rings. The van der Waals surface area contributed by atoms with Gasteiger partial charge in [0.2, 0.25) is 0 Å². The molecule has 0 saturated carbocycles. The molecule has 0 radical (unpaired) electrons. The van der Waals surface area contributed by atoms with Crippen molar-refractivity contribution in [3.63, 3.8) is 0 Å². The molecular formula is C14H17BrFN3O. The Morgan fingerprint density at radius 3 is 2.80 bits per heavy atom. The highest BCUT2D eigenvalue weighted by molar-refractivity contribution is 9.10. The van der Waals surface area contributed by atoms with E-state index in [2.05, 4.69) is 39.9 Å². The summed E-state index contributed by atoms with van der Waals surface area (Å²) >= 11 is 3.27. The lowest BCUT2D eigenvalue weighted by Crippen LogP contribution is -2.14. The van der Waals surface area contributed by atoms with E-state index in [1.54, 1.807) is 16.8 Å². The van der Waals surface area contributed by atoms with Gasteiger partial charge in [0.15, 0.2) is 0 Å². The van der Waals surface area contributed by atoms with Crippen LogP contribution in [-0.2, 0) is 13.0 Å². The van der Waals surface area contributed by atoms with E-state index in [4.69, 9.17) is 0 Å². The standard InChI is InChI=1S/C14H17BrFN3O/c1-9(2)7-19-13(17-8-18-19)6-12(20)14-10(15)4-3-5-11(14)16/h3-5,8-9,12,20H,6-7H2,1-2H3. The molecule has 0 amide bonds. The summed E-state index contributed by atoms with van der Waals surface area (Å²) in [6.45, 7) is 4.88. The fourth-order valence-electron chi connectivity index (χ4n) is 2.05. The van der Waals surface area contributed by atoms with Gasteiger partial charge in [-0.2, -0.15) is 5.10 Å². The maximum atomic E-state index is 13.8. The Kier molecular flexibility index (Phi) is 4.88. The Hall–Kier alpha value is -1.27. The van der Waals surface area contributed by atoms with Gasteiger partial charge in [0.1, 0.15) is 18.0 Å². The molecule has 1 unspecified atom stereocenters. The molecule has 2 rings (SSSR count). The molecule has 1 N–H and O–H groups in total. The summed E-state index contributed by atoms with van der Waals surface area (Å²) in [5.74, 6) is 0.649. The Morgan fingerprint density at radius 1 is 1.40 bits per heavy atom. The summed E-state index contributed by atoms with van der Waals surface area (Å²) in [6.07, 6.45) is 0.730. The molecule has 20 heavy (non-hydrogen) atoms. The molecule has 0 aliphatic carbocycles. The van der Waals surface area contributed by atoms with E-state index in [0.29, 0.717) is 16.2 Å². The van der Waals surface area contributed by atoms with Gasteiger partial charge in [0.25, 0.3) is 0 Å². The monoisotopic (exact) mass is 341 g/mol. The maximum absolute atomic E-state index is 13.8. The number of benzene rings is 1. The number of hydrogen-bond donors (Lipinski definition) is 1. The van der Waals surface area contributed by atoms with E-state index in [1.165, 1.54) is 12.4 Å². The van der Waals surface area contributed by atoms with Gasteiger partial charge in [-0.3, -0.25) is 0 Å². The van der Waals surface area contributed by atoms with Gasteiger partial charge >= 0.3 is 0 Å². The van der Waals surface area contributed by atoms with Gasteiger partial charge in [-0.15, -0.1) is 0 Å². The number of aliphatic hydroxyl groups excluding tert-OH is 1. The van der Waals surface area contributed by atoms with E-state index >= 15 is 0 Å². The molecule has 1 aromatic carbocycles. The Balaban J connectivity index is 2.20. The van der Waals surface area contributed by atoms with Crippen LogP contribution in [0.15, 0.2) is 29.0 Å². The van der Waals surface area contributed by atoms with Crippen LogP contribution in [0, 0.1) is 11.7 Å². The van der Waals surface area contributed by atoms with E-state index in [1.807, 2.05) is 0 Å². The lowest BCUT2D eigenvalue weighted by Gasteiger charge is -2.14. The number of halogens is 2. The molecule has 0 aliphatic heterocycles. The summed E-state index contributed by atoms with van der Waals surface area (Å²) in [5, 5.41) is 14.4. The number of rotatable bonds is 5. The lowest BCUT2D eigenvalue weighted by atomic mass is 10.1. The van der Waals surface area contributed by atoms with Gasteiger partial charge in [0.05, 0.1) is 6.10 Å². The average molecular weight is 342 g/mol. The molecule has 1 atom stereocenters. The first-order valence-electron chi connectivity index (χ1n) is 6.47. The SMILES string of the molecule is CC(C)Cn1ncnc1CC(O)c1c(F)cccc1Br. The molecule has 0 saturated heterocycles. The van der Waals surface area contributed by atoms with Crippen LogP contribution in [0.3, 0.4) is 0 Å². The molecular weight excluding hydrogens is 325 g/mol. The minimum Gasteiger partial charge on any atom is -0.388 e. The number of hydrogen-bond acceptors (Lipinski definition) is 3. The van der Waals surface area contributed by atoms with Crippen LogP contribution in [0.25, 0.3) is 0 Å². The molecule has 0 aliphatic rings. The Labute approximate surface area is 125 Å². The number of nitrogens with zero attached hydrogens (tertiary/aromatic N) is 3. The van der Waals surface area contributed by atoms with Crippen LogP contribution < -0.4 is 0 Å². The zero-order chi connectivity index (χ0) is 14.7. The van der Waals surface area contributed by atoms with Gasteiger partial charge < -0.3 is 5.11 Å². The van der Waals surface area contributed by atoms with Crippen molar-refractivity contribution >= 4 is 15.9 Å². The quantitative estimate of drug-likeness (QED) is 0.908. The largest absolute Gasteiger partial charge is 0.388 e. The van der Waals surface area contributed by atoms with Crippen LogP contribution in [0.5, 0.6) is 0 Å². The number of aliphatic hydroxyl groups is 1. The van der Waals surface area contributed by atoms with Crippen molar-refractivity contribution in [2.75, 3.05) is 0 Å². The van der Waals surface area contributed by atoms with Crippen molar-refractivity contribution in [1.82, 2.24) is 14.8 Å². The van der Waals surface area contributed by atoms with Gasteiger partial charge in [-0.05, 0) is 18.1 Å². The smallest absolute Gasteiger partial charge is 0.138 e. The lowest BCUT2D eigenvalue weighted by molar-refractivity contribution is 0.168.